The standard InChI is InChI=1S/C20H29FN2O4/c1-20(2,3)27-19(25)23-12-5-7-16(23)9-10-18(24)22-11-13-26-17-8-4-6-15(21)14-17/h4,6,8,14,16H,5,7,9-13H2,1-3H3,(H,22,24)/t16-/m1/s1. The lowest BCUT2D eigenvalue weighted by molar-refractivity contribution is -0.121. The first-order chi connectivity index (χ1) is 12.7. The van der Waals surface area contributed by atoms with Crippen LogP contribution < -0.4 is 10.1 Å². The third-order valence-corrected chi connectivity index (χ3v) is 4.20. The second-order valence-electron chi connectivity index (χ2n) is 7.66. The van der Waals surface area contributed by atoms with Crippen molar-refractivity contribution in [1.82, 2.24) is 10.2 Å². The number of rotatable bonds is 7. The van der Waals surface area contributed by atoms with Crippen LogP contribution in [0.3, 0.4) is 0 Å². The van der Waals surface area contributed by atoms with Gasteiger partial charge in [-0.25, -0.2) is 9.18 Å². The van der Waals surface area contributed by atoms with Gasteiger partial charge in [0.2, 0.25) is 5.91 Å². The van der Waals surface area contributed by atoms with Gasteiger partial charge < -0.3 is 19.7 Å². The van der Waals surface area contributed by atoms with Gasteiger partial charge in [0, 0.05) is 25.1 Å². The van der Waals surface area contributed by atoms with E-state index in [0.29, 0.717) is 31.7 Å². The van der Waals surface area contributed by atoms with Crippen LogP contribution in [0.25, 0.3) is 0 Å². The van der Waals surface area contributed by atoms with Crippen LogP contribution in [0.2, 0.25) is 0 Å². The van der Waals surface area contributed by atoms with E-state index in [1.807, 2.05) is 20.8 Å². The lowest BCUT2D eigenvalue weighted by atomic mass is 10.1. The molecule has 1 N–H and O–H groups in total. The van der Waals surface area contributed by atoms with Gasteiger partial charge in [0.05, 0.1) is 6.54 Å². The maximum atomic E-state index is 13.0. The number of ether oxygens (including phenoxy) is 2. The number of hydrogen-bond donors (Lipinski definition) is 1. The minimum atomic E-state index is -0.525. The largest absolute Gasteiger partial charge is 0.492 e. The molecule has 0 bridgehead atoms. The summed E-state index contributed by atoms with van der Waals surface area (Å²) in [6.45, 7) is 6.81. The molecule has 1 aromatic carbocycles. The van der Waals surface area contributed by atoms with Crippen molar-refractivity contribution in [2.45, 2.75) is 58.1 Å². The second kappa shape index (κ2) is 9.58. The van der Waals surface area contributed by atoms with Gasteiger partial charge in [-0.3, -0.25) is 4.79 Å². The lowest BCUT2D eigenvalue weighted by Gasteiger charge is -2.28. The zero-order valence-corrected chi connectivity index (χ0v) is 16.3. The number of benzene rings is 1. The second-order valence-corrected chi connectivity index (χ2v) is 7.66. The third-order valence-electron chi connectivity index (χ3n) is 4.20. The molecular weight excluding hydrogens is 351 g/mol. The Hall–Kier alpha value is -2.31. The molecule has 1 aliphatic heterocycles. The molecule has 0 radical (unpaired) electrons. The molecule has 2 amide bonds. The predicted molar refractivity (Wildman–Crippen MR) is 100 cm³/mol. The Balaban J connectivity index is 1.66. The van der Waals surface area contributed by atoms with Crippen molar-refractivity contribution in [3.63, 3.8) is 0 Å². The van der Waals surface area contributed by atoms with E-state index >= 15 is 0 Å². The van der Waals surface area contributed by atoms with Crippen molar-refractivity contribution >= 4 is 12.0 Å². The summed E-state index contributed by atoms with van der Waals surface area (Å²) in [6, 6.07) is 5.91. The van der Waals surface area contributed by atoms with Gasteiger partial charge in [-0.05, 0) is 52.2 Å². The van der Waals surface area contributed by atoms with Crippen LogP contribution >= 0.6 is 0 Å². The van der Waals surface area contributed by atoms with Gasteiger partial charge >= 0.3 is 6.09 Å². The summed E-state index contributed by atoms with van der Waals surface area (Å²) in [4.78, 5) is 26.0. The molecule has 1 atom stereocenters. The zero-order valence-electron chi connectivity index (χ0n) is 16.3. The highest BCUT2D eigenvalue weighted by molar-refractivity contribution is 5.76. The molecule has 2 rings (SSSR count). The fraction of sp³-hybridized carbons (Fsp3) is 0.600. The molecule has 6 nitrogen and oxygen atoms in total. The van der Waals surface area contributed by atoms with Crippen molar-refractivity contribution in [1.29, 1.82) is 0 Å². The zero-order chi connectivity index (χ0) is 19.9. The molecule has 0 spiro atoms. The normalized spacial score (nSPS) is 16.9. The van der Waals surface area contributed by atoms with E-state index < -0.39 is 5.60 Å². The van der Waals surface area contributed by atoms with Crippen LogP contribution in [-0.4, -0.2) is 48.2 Å². The van der Waals surface area contributed by atoms with Crippen molar-refractivity contribution < 1.29 is 23.5 Å². The lowest BCUT2D eigenvalue weighted by Crippen LogP contribution is -2.40. The number of halogens is 1. The van der Waals surface area contributed by atoms with Gasteiger partial charge in [0.15, 0.2) is 0 Å². The Morgan fingerprint density at radius 2 is 2.11 bits per heavy atom. The van der Waals surface area contributed by atoms with E-state index in [-0.39, 0.29) is 30.5 Å². The topological polar surface area (TPSA) is 67.9 Å². The maximum absolute atomic E-state index is 13.0. The number of carbonyl (C=O) groups is 2. The number of nitrogens with one attached hydrogen (secondary N) is 1. The molecule has 1 heterocycles. The van der Waals surface area contributed by atoms with Crippen LogP contribution in [0.15, 0.2) is 24.3 Å². The monoisotopic (exact) mass is 380 g/mol. The molecular formula is C20H29FN2O4. The van der Waals surface area contributed by atoms with Crippen LogP contribution in [-0.2, 0) is 9.53 Å². The summed E-state index contributed by atoms with van der Waals surface area (Å²) in [5, 5.41) is 2.78. The SMILES string of the molecule is CC(C)(C)OC(=O)N1CCC[C@@H]1CCC(=O)NCCOc1cccc(F)c1. The van der Waals surface area contributed by atoms with Crippen LogP contribution in [0.5, 0.6) is 5.75 Å². The smallest absolute Gasteiger partial charge is 0.410 e. The molecule has 1 aliphatic rings. The van der Waals surface area contributed by atoms with E-state index in [9.17, 15) is 14.0 Å². The van der Waals surface area contributed by atoms with Crippen molar-refractivity contribution in [2.24, 2.45) is 0 Å². The molecule has 150 valence electrons. The summed E-state index contributed by atoms with van der Waals surface area (Å²) >= 11 is 0. The van der Waals surface area contributed by atoms with E-state index in [2.05, 4.69) is 5.32 Å². The highest BCUT2D eigenvalue weighted by atomic mass is 19.1. The summed E-state index contributed by atoms with van der Waals surface area (Å²) in [5.41, 5.74) is -0.525. The Morgan fingerprint density at radius 1 is 1.33 bits per heavy atom. The molecule has 0 aliphatic carbocycles. The summed E-state index contributed by atoms with van der Waals surface area (Å²) in [6.07, 6.45) is 2.44. The molecule has 1 aromatic rings. The minimum Gasteiger partial charge on any atom is -0.492 e. The van der Waals surface area contributed by atoms with Gasteiger partial charge in [0.1, 0.15) is 23.8 Å². The fourth-order valence-corrected chi connectivity index (χ4v) is 3.00. The van der Waals surface area contributed by atoms with E-state index in [1.165, 1.54) is 12.1 Å². The van der Waals surface area contributed by atoms with Gasteiger partial charge in [-0.1, -0.05) is 6.07 Å². The molecule has 0 saturated carbocycles. The van der Waals surface area contributed by atoms with Crippen molar-refractivity contribution in [3.8, 4) is 5.75 Å². The van der Waals surface area contributed by atoms with Crippen LogP contribution in [0, 0.1) is 5.82 Å². The molecule has 1 fully saturated rings. The fourth-order valence-electron chi connectivity index (χ4n) is 3.00. The van der Waals surface area contributed by atoms with E-state index in [0.717, 1.165) is 12.8 Å². The van der Waals surface area contributed by atoms with Crippen molar-refractivity contribution in [2.75, 3.05) is 19.7 Å². The molecule has 0 aromatic heterocycles. The first-order valence-corrected chi connectivity index (χ1v) is 9.39. The minimum absolute atomic E-state index is 0.0362. The molecule has 27 heavy (non-hydrogen) atoms. The first-order valence-electron chi connectivity index (χ1n) is 9.39. The van der Waals surface area contributed by atoms with Crippen molar-refractivity contribution in [3.05, 3.63) is 30.1 Å². The number of hydrogen-bond acceptors (Lipinski definition) is 4. The Morgan fingerprint density at radius 3 is 2.81 bits per heavy atom. The van der Waals surface area contributed by atoms with E-state index in [4.69, 9.17) is 9.47 Å². The number of carbonyl (C=O) groups excluding carboxylic acids is 2. The highest BCUT2D eigenvalue weighted by Gasteiger charge is 2.32. The third kappa shape index (κ3) is 7.45. The Kier molecular flexibility index (Phi) is 7.45. The number of likely N-dealkylation sites (tertiary alicyclic amines) is 1. The molecule has 0 unspecified atom stereocenters. The van der Waals surface area contributed by atoms with Gasteiger partial charge in [0.25, 0.3) is 0 Å². The van der Waals surface area contributed by atoms with Crippen LogP contribution in [0.1, 0.15) is 46.5 Å². The number of amides is 2. The van der Waals surface area contributed by atoms with Crippen LogP contribution in [0.4, 0.5) is 9.18 Å². The number of nitrogens with zero attached hydrogens (tertiary/aromatic N) is 1. The highest BCUT2D eigenvalue weighted by Crippen LogP contribution is 2.24. The molecule has 1 saturated heterocycles. The maximum Gasteiger partial charge on any atom is 0.410 e. The summed E-state index contributed by atoms with van der Waals surface area (Å²) < 4.78 is 23.9. The Labute approximate surface area is 160 Å². The molecule has 7 heteroatoms. The average Bonchev–Trinajstić information content (AvgIpc) is 3.04. The first kappa shape index (κ1) is 21.0. The summed E-state index contributed by atoms with van der Waals surface area (Å²) in [5.74, 6) is -0.0141. The quantitative estimate of drug-likeness (QED) is 0.735. The predicted octanol–water partition coefficient (Wildman–Crippen LogP) is 3.50. The Bertz CT molecular complexity index is 645. The van der Waals surface area contributed by atoms with Gasteiger partial charge in [-0.15, -0.1) is 0 Å². The summed E-state index contributed by atoms with van der Waals surface area (Å²) in [7, 11) is 0. The van der Waals surface area contributed by atoms with E-state index in [1.54, 1.807) is 17.0 Å². The van der Waals surface area contributed by atoms with Gasteiger partial charge in [-0.2, -0.15) is 0 Å². The average molecular weight is 380 g/mol.